The number of hydrogen-bond acceptors (Lipinski definition) is 6. The lowest BCUT2D eigenvalue weighted by Crippen LogP contribution is -2.30. The highest BCUT2D eigenvalue weighted by molar-refractivity contribution is 8.00. The van der Waals surface area contributed by atoms with Gasteiger partial charge in [0.2, 0.25) is 5.91 Å². The molecule has 3 amide bonds. The van der Waals surface area contributed by atoms with E-state index in [-0.39, 0.29) is 17.3 Å². The quantitative estimate of drug-likeness (QED) is 0.0719. The number of halogens is 2. The number of carbonyl (C=O) groups excluding carboxylic acids is 3. The van der Waals surface area contributed by atoms with Crippen LogP contribution < -0.4 is 16.0 Å². The summed E-state index contributed by atoms with van der Waals surface area (Å²) in [6, 6.07) is 25.7. The molecule has 0 aromatic heterocycles. The summed E-state index contributed by atoms with van der Waals surface area (Å²) in [6.45, 7) is 1.71. The second-order valence-corrected chi connectivity index (χ2v) is 11.3. The van der Waals surface area contributed by atoms with Crippen LogP contribution in [0.15, 0.2) is 108 Å². The number of anilines is 2. The summed E-state index contributed by atoms with van der Waals surface area (Å²) in [5.74, 6) is -1.38. The van der Waals surface area contributed by atoms with E-state index in [0.717, 1.165) is 0 Å². The van der Waals surface area contributed by atoms with Crippen molar-refractivity contribution in [3.63, 3.8) is 0 Å². The summed E-state index contributed by atoms with van der Waals surface area (Å²) in [6.07, 6.45) is 1.46. The molecule has 0 bridgehead atoms. The van der Waals surface area contributed by atoms with Crippen molar-refractivity contribution in [2.24, 2.45) is 0 Å². The van der Waals surface area contributed by atoms with Crippen LogP contribution in [0.1, 0.15) is 22.8 Å². The van der Waals surface area contributed by atoms with Gasteiger partial charge in [-0.05, 0) is 73.2 Å². The Labute approximate surface area is 261 Å². The van der Waals surface area contributed by atoms with Crippen LogP contribution >= 0.6 is 35.0 Å². The summed E-state index contributed by atoms with van der Waals surface area (Å²) in [5, 5.41) is 19.2. The molecule has 9 nitrogen and oxygen atoms in total. The minimum Gasteiger partial charge on any atom is -0.325 e. The maximum absolute atomic E-state index is 13.4. The van der Waals surface area contributed by atoms with Gasteiger partial charge in [-0.15, -0.1) is 11.8 Å². The van der Waals surface area contributed by atoms with Gasteiger partial charge < -0.3 is 16.0 Å². The Morgan fingerprint density at radius 1 is 0.860 bits per heavy atom. The summed E-state index contributed by atoms with van der Waals surface area (Å²) >= 11 is 13.6. The van der Waals surface area contributed by atoms with Gasteiger partial charge in [0.25, 0.3) is 17.5 Å². The Morgan fingerprint density at radius 3 is 2.26 bits per heavy atom. The summed E-state index contributed by atoms with van der Waals surface area (Å²) in [7, 11) is 0. The molecule has 12 heteroatoms. The fourth-order valence-electron chi connectivity index (χ4n) is 3.73. The van der Waals surface area contributed by atoms with E-state index < -0.39 is 22.0 Å². The molecule has 4 aromatic carbocycles. The first kappa shape index (κ1) is 31.3. The van der Waals surface area contributed by atoms with Crippen molar-refractivity contribution in [3.8, 4) is 0 Å². The van der Waals surface area contributed by atoms with Crippen LogP contribution in [0.2, 0.25) is 10.0 Å². The zero-order valence-corrected chi connectivity index (χ0v) is 24.9. The molecule has 0 radical (unpaired) electrons. The Hall–Kier alpha value is -4.64. The number of non-ortho nitro benzene ring substituents is 1. The normalized spacial score (nSPS) is 11.7. The number of nitrogens with one attached hydrogen (secondary N) is 3. The number of carbonyl (C=O) groups is 3. The third kappa shape index (κ3) is 8.92. The average Bonchev–Trinajstić information content (AvgIpc) is 2.98. The molecule has 0 fully saturated rings. The zero-order valence-electron chi connectivity index (χ0n) is 22.5. The van der Waals surface area contributed by atoms with E-state index in [4.69, 9.17) is 23.2 Å². The van der Waals surface area contributed by atoms with E-state index in [1.54, 1.807) is 73.7 Å². The number of hydrogen-bond donors (Lipinski definition) is 3. The maximum Gasteiger partial charge on any atom is 0.272 e. The molecule has 0 aliphatic rings. The Morgan fingerprint density at radius 2 is 1.58 bits per heavy atom. The minimum atomic E-state index is -0.596. The van der Waals surface area contributed by atoms with Gasteiger partial charge in [0.1, 0.15) is 5.70 Å². The molecule has 0 spiro atoms. The number of thioether (sulfide) groups is 1. The standard InChI is InChI=1S/C31H24Cl2N4O5S/c1-19(29(38)34-23-12-14-25(15-13-23)37(41)42)43-26-9-5-8-24(18-26)35-31(40)28(16-21-10-11-22(32)17-27(21)33)36-30(39)20-6-3-2-4-7-20/h2-19H,1H3,(H,34,38)(H,35,40)(H,36,39)/b28-16+. The molecule has 0 saturated carbocycles. The number of nitro benzene ring substituents is 1. The first-order chi connectivity index (χ1) is 20.6. The molecule has 218 valence electrons. The lowest BCUT2D eigenvalue weighted by atomic mass is 10.1. The lowest BCUT2D eigenvalue weighted by molar-refractivity contribution is -0.384. The molecule has 0 aliphatic carbocycles. The summed E-state index contributed by atoms with van der Waals surface area (Å²) in [5.41, 5.74) is 1.58. The highest BCUT2D eigenvalue weighted by Gasteiger charge is 2.18. The number of amides is 3. The van der Waals surface area contributed by atoms with Crippen molar-refractivity contribution in [3.05, 3.63) is 134 Å². The van der Waals surface area contributed by atoms with Crippen molar-refractivity contribution < 1.29 is 19.3 Å². The van der Waals surface area contributed by atoms with E-state index in [2.05, 4.69) is 16.0 Å². The molecule has 3 N–H and O–H groups in total. The smallest absolute Gasteiger partial charge is 0.272 e. The van der Waals surface area contributed by atoms with Crippen molar-refractivity contribution in [1.29, 1.82) is 0 Å². The van der Waals surface area contributed by atoms with E-state index >= 15 is 0 Å². The minimum absolute atomic E-state index is 0.0491. The molecule has 0 saturated heterocycles. The topological polar surface area (TPSA) is 130 Å². The molecule has 4 aromatic rings. The molecule has 0 heterocycles. The molecule has 0 aliphatic heterocycles. The van der Waals surface area contributed by atoms with Crippen LogP contribution in [0.4, 0.5) is 17.1 Å². The van der Waals surface area contributed by atoms with Crippen molar-refractivity contribution in [2.45, 2.75) is 17.1 Å². The van der Waals surface area contributed by atoms with Gasteiger partial charge in [0, 0.05) is 44.0 Å². The van der Waals surface area contributed by atoms with Crippen LogP contribution in [-0.2, 0) is 9.59 Å². The van der Waals surface area contributed by atoms with Gasteiger partial charge in [0.05, 0.1) is 10.2 Å². The van der Waals surface area contributed by atoms with Crippen LogP contribution in [0.25, 0.3) is 6.08 Å². The maximum atomic E-state index is 13.4. The number of nitro groups is 1. The highest BCUT2D eigenvalue weighted by atomic mass is 35.5. The zero-order chi connectivity index (χ0) is 30.9. The fraction of sp³-hybridized carbons (Fsp3) is 0.0645. The average molecular weight is 636 g/mol. The second-order valence-electron chi connectivity index (χ2n) is 9.08. The first-order valence-electron chi connectivity index (χ1n) is 12.8. The fourth-order valence-corrected chi connectivity index (χ4v) is 5.12. The van der Waals surface area contributed by atoms with Gasteiger partial charge >= 0.3 is 0 Å². The number of nitrogens with zero attached hydrogens (tertiary/aromatic N) is 1. The van der Waals surface area contributed by atoms with Crippen LogP contribution in [0.3, 0.4) is 0 Å². The Balaban J connectivity index is 1.48. The van der Waals surface area contributed by atoms with Gasteiger partial charge in [-0.2, -0.15) is 0 Å². The highest BCUT2D eigenvalue weighted by Crippen LogP contribution is 2.28. The van der Waals surface area contributed by atoms with Gasteiger partial charge in [-0.1, -0.05) is 53.5 Å². The molecule has 4 rings (SSSR count). The van der Waals surface area contributed by atoms with Crippen molar-refractivity contribution in [2.75, 3.05) is 10.6 Å². The number of benzene rings is 4. The largest absolute Gasteiger partial charge is 0.325 e. The predicted octanol–water partition coefficient (Wildman–Crippen LogP) is 7.43. The van der Waals surface area contributed by atoms with Crippen LogP contribution in [-0.4, -0.2) is 27.9 Å². The first-order valence-corrected chi connectivity index (χ1v) is 14.4. The van der Waals surface area contributed by atoms with Gasteiger partial charge in [0.15, 0.2) is 0 Å². The SMILES string of the molecule is CC(Sc1cccc(NC(=O)/C(=C\c2ccc(Cl)cc2Cl)NC(=O)c2ccccc2)c1)C(=O)Nc1ccc([N+](=O)[O-])cc1. The third-order valence-electron chi connectivity index (χ3n) is 5.91. The Bertz CT molecular complexity index is 1700. The predicted molar refractivity (Wildman–Crippen MR) is 170 cm³/mol. The van der Waals surface area contributed by atoms with E-state index in [1.165, 1.54) is 48.2 Å². The van der Waals surface area contributed by atoms with E-state index in [1.807, 2.05) is 0 Å². The van der Waals surface area contributed by atoms with Crippen molar-refractivity contribution >= 4 is 75.8 Å². The molecular weight excluding hydrogens is 611 g/mol. The Kier molecular flexibility index (Phi) is 10.6. The van der Waals surface area contributed by atoms with E-state index in [9.17, 15) is 24.5 Å². The molecular formula is C31H24Cl2N4O5S. The molecule has 43 heavy (non-hydrogen) atoms. The van der Waals surface area contributed by atoms with Gasteiger partial charge in [-0.25, -0.2) is 0 Å². The summed E-state index contributed by atoms with van der Waals surface area (Å²) < 4.78 is 0. The number of rotatable bonds is 10. The lowest BCUT2D eigenvalue weighted by Gasteiger charge is -2.14. The second kappa shape index (κ2) is 14.5. The summed E-state index contributed by atoms with van der Waals surface area (Å²) in [4.78, 5) is 50.1. The molecule has 1 atom stereocenters. The van der Waals surface area contributed by atoms with Crippen molar-refractivity contribution in [1.82, 2.24) is 5.32 Å². The monoisotopic (exact) mass is 634 g/mol. The van der Waals surface area contributed by atoms with E-state index in [0.29, 0.717) is 37.4 Å². The van der Waals surface area contributed by atoms with Crippen LogP contribution in [0, 0.1) is 10.1 Å². The van der Waals surface area contributed by atoms with Gasteiger partial charge in [-0.3, -0.25) is 24.5 Å². The van der Waals surface area contributed by atoms with Crippen LogP contribution in [0.5, 0.6) is 0 Å². The third-order valence-corrected chi connectivity index (χ3v) is 7.57. The molecule has 1 unspecified atom stereocenters.